The molecule has 2 N–H and O–H groups in total. The maximum atomic E-state index is 11.4. The van der Waals surface area contributed by atoms with Gasteiger partial charge in [-0.15, -0.1) is 0 Å². The van der Waals surface area contributed by atoms with E-state index < -0.39 is 0 Å². The van der Waals surface area contributed by atoms with Gasteiger partial charge in [0.15, 0.2) is 0 Å². The predicted octanol–water partition coefficient (Wildman–Crippen LogP) is 0.570. The van der Waals surface area contributed by atoms with Gasteiger partial charge in [-0.05, 0) is 25.0 Å². The normalized spacial score (nSPS) is 10.5. The number of aliphatic hydroxyl groups excluding tert-OH is 1. The Morgan fingerprint density at radius 1 is 1.53 bits per heavy atom. The maximum Gasteiger partial charge on any atom is 0.271 e. The number of pyridine rings is 1. The Hall–Kier alpha value is -1.75. The highest BCUT2D eigenvalue weighted by molar-refractivity contribution is 5.94. The first-order chi connectivity index (χ1) is 7.34. The zero-order chi connectivity index (χ0) is 10.9. The predicted molar refractivity (Wildman–Crippen MR) is 56.5 cm³/mol. The van der Waals surface area contributed by atoms with Crippen LogP contribution in [0.1, 0.15) is 23.2 Å². The molecule has 0 unspecified atom stereocenters. The number of carbonyl (C=O) groups is 1. The van der Waals surface area contributed by atoms with Crippen molar-refractivity contribution in [1.29, 1.82) is 0 Å². The van der Waals surface area contributed by atoms with Gasteiger partial charge in [0.2, 0.25) is 0 Å². The van der Waals surface area contributed by atoms with E-state index in [0.717, 1.165) is 0 Å². The van der Waals surface area contributed by atoms with Gasteiger partial charge in [0.05, 0.1) is 0 Å². The van der Waals surface area contributed by atoms with E-state index in [1.54, 1.807) is 30.7 Å². The van der Waals surface area contributed by atoms with Gasteiger partial charge >= 0.3 is 0 Å². The lowest BCUT2D eigenvalue weighted by Gasteiger charge is -1.97. The second-order valence-electron chi connectivity index (χ2n) is 2.85. The minimum atomic E-state index is -0.266. The highest BCUT2D eigenvalue weighted by Crippen LogP contribution is 1.94. The van der Waals surface area contributed by atoms with Crippen molar-refractivity contribution >= 4 is 12.1 Å². The van der Waals surface area contributed by atoms with E-state index in [1.165, 1.54) is 0 Å². The number of unbranched alkanes of at least 4 members (excludes halogenated alkanes) is 1. The van der Waals surface area contributed by atoms with E-state index in [4.69, 9.17) is 5.11 Å². The van der Waals surface area contributed by atoms with E-state index >= 15 is 0 Å². The smallest absolute Gasteiger partial charge is 0.271 e. The van der Waals surface area contributed by atoms with Crippen LogP contribution in [-0.2, 0) is 0 Å². The van der Waals surface area contributed by atoms with Crippen LogP contribution in [-0.4, -0.2) is 28.8 Å². The third kappa shape index (κ3) is 4.33. The number of rotatable bonds is 5. The fourth-order valence-corrected chi connectivity index (χ4v) is 0.919. The molecule has 0 aliphatic carbocycles. The molecular weight excluding hydrogens is 194 g/mol. The first-order valence-electron chi connectivity index (χ1n) is 4.67. The van der Waals surface area contributed by atoms with E-state index in [2.05, 4.69) is 15.5 Å². The van der Waals surface area contributed by atoms with Crippen molar-refractivity contribution in [2.24, 2.45) is 5.10 Å². The zero-order valence-corrected chi connectivity index (χ0v) is 8.26. The molecule has 80 valence electrons. The summed E-state index contributed by atoms with van der Waals surface area (Å²) in [4.78, 5) is 15.2. The number of hydrazone groups is 1. The minimum absolute atomic E-state index is 0.129. The fraction of sp³-hybridized carbons (Fsp3) is 0.300. The SMILES string of the molecule is O=C(N/N=C/CCCO)c1ccncc1. The number of hydrogen-bond acceptors (Lipinski definition) is 4. The summed E-state index contributed by atoms with van der Waals surface area (Å²) in [5, 5.41) is 12.2. The molecule has 0 aromatic carbocycles. The monoisotopic (exact) mass is 207 g/mol. The number of nitrogens with zero attached hydrogens (tertiary/aromatic N) is 2. The van der Waals surface area contributed by atoms with Crippen LogP contribution in [0.4, 0.5) is 0 Å². The van der Waals surface area contributed by atoms with Crippen molar-refractivity contribution in [3.63, 3.8) is 0 Å². The van der Waals surface area contributed by atoms with Gasteiger partial charge in [-0.1, -0.05) is 0 Å². The van der Waals surface area contributed by atoms with Crippen LogP contribution < -0.4 is 5.43 Å². The molecule has 0 atom stereocenters. The Morgan fingerprint density at radius 2 is 2.27 bits per heavy atom. The molecule has 0 aliphatic heterocycles. The summed E-state index contributed by atoms with van der Waals surface area (Å²) in [6.07, 6.45) is 5.95. The third-order valence-electron chi connectivity index (χ3n) is 1.69. The lowest BCUT2D eigenvalue weighted by molar-refractivity contribution is 0.0955. The number of aromatic nitrogens is 1. The largest absolute Gasteiger partial charge is 0.396 e. The lowest BCUT2D eigenvalue weighted by atomic mass is 10.3. The van der Waals surface area contributed by atoms with E-state index in [-0.39, 0.29) is 12.5 Å². The van der Waals surface area contributed by atoms with Crippen molar-refractivity contribution in [3.05, 3.63) is 30.1 Å². The number of amides is 1. The average Bonchev–Trinajstić information content (AvgIpc) is 2.30. The summed E-state index contributed by atoms with van der Waals surface area (Å²) < 4.78 is 0. The summed E-state index contributed by atoms with van der Waals surface area (Å²) in [5.41, 5.74) is 2.90. The molecule has 15 heavy (non-hydrogen) atoms. The Morgan fingerprint density at radius 3 is 2.93 bits per heavy atom. The fourth-order valence-electron chi connectivity index (χ4n) is 0.919. The number of hydrogen-bond donors (Lipinski definition) is 2. The van der Waals surface area contributed by atoms with Crippen molar-refractivity contribution in [1.82, 2.24) is 10.4 Å². The van der Waals surface area contributed by atoms with Gasteiger partial charge < -0.3 is 5.11 Å². The molecule has 0 saturated carbocycles. The maximum absolute atomic E-state index is 11.4. The highest BCUT2D eigenvalue weighted by Gasteiger charge is 2.01. The van der Waals surface area contributed by atoms with Gasteiger partial charge in [0, 0.05) is 30.8 Å². The van der Waals surface area contributed by atoms with Crippen LogP contribution >= 0.6 is 0 Å². The Labute approximate surface area is 87.8 Å². The molecule has 1 rings (SSSR count). The van der Waals surface area contributed by atoms with E-state index in [1.807, 2.05) is 0 Å². The molecule has 5 nitrogen and oxygen atoms in total. The number of carbonyl (C=O) groups excluding carboxylic acids is 1. The molecule has 1 amide bonds. The standard InChI is InChI=1S/C10H13N3O2/c14-8-2-1-5-12-13-10(15)9-3-6-11-7-4-9/h3-7,14H,1-2,8H2,(H,13,15)/b12-5+. The van der Waals surface area contributed by atoms with E-state index in [0.29, 0.717) is 18.4 Å². The van der Waals surface area contributed by atoms with Gasteiger partial charge in [0.25, 0.3) is 5.91 Å². The number of nitrogens with one attached hydrogen (secondary N) is 1. The molecule has 1 aromatic rings. The summed E-state index contributed by atoms with van der Waals surface area (Å²) in [5.74, 6) is -0.266. The van der Waals surface area contributed by atoms with Crippen LogP contribution in [0.25, 0.3) is 0 Å². The Bertz CT molecular complexity index is 325. The van der Waals surface area contributed by atoms with Gasteiger partial charge in [-0.3, -0.25) is 9.78 Å². The zero-order valence-electron chi connectivity index (χ0n) is 8.26. The summed E-state index contributed by atoms with van der Waals surface area (Å²) >= 11 is 0. The summed E-state index contributed by atoms with van der Waals surface area (Å²) in [6, 6.07) is 3.22. The third-order valence-corrected chi connectivity index (χ3v) is 1.69. The molecule has 0 spiro atoms. The molecule has 1 aromatic heterocycles. The summed E-state index contributed by atoms with van der Waals surface area (Å²) in [6.45, 7) is 0.129. The van der Waals surface area contributed by atoms with Crippen LogP contribution in [0.2, 0.25) is 0 Å². The minimum Gasteiger partial charge on any atom is -0.396 e. The summed E-state index contributed by atoms with van der Waals surface area (Å²) in [7, 11) is 0. The van der Waals surface area contributed by atoms with Crippen LogP contribution in [0.5, 0.6) is 0 Å². The molecule has 5 heteroatoms. The second kappa shape index (κ2) is 6.67. The van der Waals surface area contributed by atoms with E-state index in [9.17, 15) is 4.79 Å². The van der Waals surface area contributed by atoms with Crippen molar-refractivity contribution in [2.75, 3.05) is 6.61 Å². The van der Waals surface area contributed by atoms with Gasteiger partial charge in [-0.2, -0.15) is 5.10 Å². The molecule has 0 saturated heterocycles. The number of aliphatic hydroxyl groups is 1. The molecule has 0 radical (unpaired) electrons. The second-order valence-corrected chi connectivity index (χ2v) is 2.85. The molecular formula is C10H13N3O2. The topological polar surface area (TPSA) is 74.6 Å². The highest BCUT2D eigenvalue weighted by atomic mass is 16.2. The molecule has 0 aliphatic rings. The van der Waals surface area contributed by atoms with Crippen LogP contribution in [0.3, 0.4) is 0 Å². The average molecular weight is 207 g/mol. The quantitative estimate of drug-likeness (QED) is 0.421. The Balaban J connectivity index is 2.34. The van der Waals surface area contributed by atoms with Crippen LogP contribution in [0, 0.1) is 0 Å². The van der Waals surface area contributed by atoms with Crippen molar-refractivity contribution in [2.45, 2.75) is 12.8 Å². The van der Waals surface area contributed by atoms with Crippen LogP contribution in [0.15, 0.2) is 29.6 Å². The van der Waals surface area contributed by atoms with Crippen molar-refractivity contribution in [3.8, 4) is 0 Å². The molecule has 0 fully saturated rings. The first-order valence-corrected chi connectivity index (χ1v) is 4.67. The Kier molecular flexibility index (Phi) is 5.03. The molecule has 1 heterocycles. The van der Waals surface area contributed by atoms with Gasteiger partial charge in [-0.25, -0.2) is 5.43 Å². The lowest BCUT2D eigenvalue weighted by Crippen LogP contribution is -2.17. The first kappa shape index (κ1) is 11.3. The van der Waals surface area contributed by atoms with Gasteiger partial charge in [0.1, 0.15) is 0 Å². The van der Waals surface area contributed by atoms with Crippen molar-refractivity contribution < 1.29 is 9.90 Å². The molecule has 0 bridgehead atoms.